The molecule has 0 radical (unpaired) electrons. The lowest BCUT2D eigenvalue weighted by Gasteiger charge is -2.17. The van der Waals surface area contributed by atoms with Gasteiger partial charge in [-0.2, -0.15) is 0 Å². The smallest absolute Gasteiger partial charge is 0.159 e. The van der Waals surface area contributed by atoms with Crippen LogP contribution in [0.4, 0.5) is 4.39 Å². The molecular formula is C12H21FN2O3Si. The molecular weight excluding hydrogens is 267 g/mol. The molecule has 0 aliphatic carbocycles. The minimum Gasteiger partial charge on any atom is -0.393 e. The number of rotatable bonds is 8. The van der Waals surface area contributed by atoms with Gasteiger partial charge in [0.2, 0.25) is 0 Å². The first-order chi connectivity index (χ1) is 8.92. The topological polar surface area (TPSA) is 64.5 Å². The third-order valence-corrected chi connectivity index (χ3v) is 4.15. The Bertz CT molecular complexity index is 370. The third kappa shape index (κ3) is 6.72. The van der Waals surface area contributed by atoms with E-state index in [1.54, 1.807) is 0 Å². The van der Waals surface area contributed by atoms with Crippen molar-refractivity contribution >= 4 is 8.07 Å². The highest BCUT2D eigenvalue weighted by Gasteiger charge is 2.15. The number of aliphatic hydroxyl groups is 1. The standard InChI is InChI=1S/C12H21FN2O3Si/c1-19(2,3)5-4-17-9-18-11(8-16)12-14-6-10(13)7-15-12/h6-7,11,16H,4-5,8-9H2,1-3H3/t11-/m1/s1. The minimum atomic E-state index is -1.11. The second kappa shape index (κ2) is 7.64. The highest BCUT2D eigenvalue weighted by atomic mass is 28.3. The Morgan fingerprint density at radius 3 is 2.47 bits per heavy atom. The molecule has 0 saturated carbocycles. The van der Waals surface area contributed by atoms with Crippen molar-refractivity contribution in [3.63, 3.8) is 0 Å². The van der Waals surface area contributed by atoms with E-state index in [2.05, 4.69) is 29.6 Å². The minimum absolute atomic E-state index is 0.0659. The Balaban J connectivity index is 2.31. The summed E-state index contributed by atoms with van der Waals surface area (Å²) < 4.78 is 23.4. The van der Waals surface area contributed by atoms with Crippen molar-refractivity contribution in [1.29, 1.82) is 0 Å². The number of hydrogen-bond acceptors (Lipinski definition) is 5. The summed E-state index contributed by atoms with van der Waals surface area (Å²) >= 11 is 0. The van der Waals surface area contributed by atoms with E-state index in [-0.39, 0.29) is 19.2 Å². The Hall–Kier alpha value is -0.893. The van der Waals surface area contributed by atoms with E-state index in [4.69, 9.17) is 9.47 Å². The second-order valence-electron chi connectivity index (χ2n) is 5.43. The average molecular weight is 288 g/mol. The molecule has 0 aliphatic rings. The van der Waals surface area contributed by atoms with E-state index < -0.39 is 20.0 Å². The van der Waals surface area contributed by atoms with Gasteiger partial charge in [-0.15, -0.1) is 0 Å². The van der Waals surface area contributed by atoms with Crippen LogP contribution in [-0.4, -0.2) is 43.2 Å². The van der Waals surface area contributed by atoms with Crippen LogP contribution >= 0.6 is 0 Å². The molecule has 7 heteroatoms. The molecule has 0 unspecified atom stereocenters. The fourth-order valence-electron chi connectivity index (χ4n) is 1.26. The van der Waals surface area contributed by atoms with Gasteiger partial charge < -0.3 is 14.6 Å². The zero-order chi connectivity index (χ0) is 14.3. The molecule has 1 aromatic rings. The van der Waals surface area contributed by atoms with Gasteiger partial charge in [0.15, 0.2) is 11.6 Å². The summed E-state index contributed by atoms with van der Waals surface area (Å²) in [6.45, 7) is 7.22. The zero-order valence-electron chi connectivity index (χ0n) is 11.6. The van der Waals surface area contributed by atoms with Gasteiger partial charge in [-0.25, -0.2) is 14.4 Å². The van der Waals surface area contributed by atoms with Gasteiger partial charge in [-0.3, -0.25) is 0 Å². The van der Waals surface area contributed by atoms with E-state index in [1.165, 1.54) is 0 Å². The Labute approximate surface area is 113 Å². The van der Waals surface area contributed by atoms with Crippen molar-refractivity contribution in [1.82, 2.24) is 9.97 Å². The van der Waals surface area contributed by atoms with Crippen LogP contribution in [0.5, 0.6) is 0 Å². The SMILES string of the molecule is C[Si](C)(C)CCOCO[C@H](CO)c1ncc(F)cn1. The van der Waals surface area contributed by atoms with Gasteiger partial charge in [0, 0.05) is 14.7 Å². The zero-order valence-corrected chi connectivity index (χ0v) is 12.6. The highest BCUT2D eigenvalue weighted by molar-refractivity contribution is 6.76. The van der Waals surface area contributed by atoms with Crippen LogP contribution in [0.15, 0.2) is 12.4 Å². The normalized spacial score (nSPS) is 13.5. The number of nitrogens with zero attached hydrogens (tertiary/aromatic N) is 2. The molecule has 1 N–H and O–H groups in total. The maximum Gasteiger partial charge on any atom is 0.159 e. The summed E-state index contributed by atoms with van der Waals surface area (Å²) in [7, 11) is -1.11. The number of halogens is 1. The van der Waals surface area contributed by atoms with Crippen molar-refractivity contribution in [3.05, 3.63) is 24.0 Å². The van der Waals surface area contributed by atoms with Crippen LogP contribution < -0.4 is 0 Å². The van der Waals surface area contributed by atoms with Gasteiger partial charge in [0.05, 0.1) is 19.0 Å². The van der Waals surface area contributed by atoms with E-state index in [1.807, 2.05) is 0 Å². The van der Waals surface area contributed by atoms with Gasteiger partial charge in [-0.1, -0.05) is 19.6 Å². The average Bonchev–Trinajstić information content (AvgIpc) is 2.34. The molecule has 1 atom stereocenters. The molecule has 0 fully saturated rings. The molecule has 1 rings (SSSR count). The van der Waals surface area contributed by atoms with Crippen molar-refractivity contribution < 1.29 is 19.0 Å². The Kier molecular flexibility index (Phi) is 6.50. The Morgan fingerprint density at radius 1 is 1.32 bits per heavy atom. The quantitative estimate of drug-likeness (QED) is 0.450. The first-order valence-electron chi connectivity index (χ1n) is 6.20. The third-order valence-electron chi connectivity index (χ3n) is 2.44. The van der Waals surface area contributed by atoms with Crippen molar-refractivity contribution in [2.45, 2.75) is 31.8 Å². The molecule has 0 aromatic carbocycles. The Morgan fingerprint density at radius 2 is 1.95 bits per heavy atom. The number of ether oxygens (including phenoxy) is 2. The summed E-state index contributed by atoms with van der Waals surface area (Å²) in [5.41, 5.74) is 0. The van der Waals surface area contributed by atoms with E-state index in [0.717, 1.165) is 18.4 Å². The van der Waals surface area contributed by atoms with E-state index in [9.17, 15) is 9.50 Å². The lowest BCUT2D eigenvalue weighted by molar-refractivity contribution is -0.104. The summed E-state index contributed by atoms with van der Waals surface area (Å²) in [5.74, 6) is -0.274. The van der Waals surface area contributed by atoms with Crippen LogP contribution in [0.2, 0.25) is 25.7 Å². The molecule has 0 amide bonds. The van der Waals surface area contributed by atoms with Gasteiger partial charge in [0.1, 0.15) is 12.9 Å². The van der Waals surface area contributed by atoms with Crippen LogP contribution in [0, 0.1) is 5.82 Å². The first-order valence-corrected chi connectivity index (χ1v) is 9.91. The lowest BCUT2D eigenvalue weighted by Crippen LogP contribution is -2.22. The van der Waals surface area contributed by atoms with Crippen LogP contribution in [-0.2, 0) is 9.47 Å². The fourth-order valence-corrected chi connectivity index (χ4v) is 2.02. The summed E-state index contributed by atoms with van der Waals surface area (Å²) in [6.07, 6.45) is 1.40. The molecule has 0 aliphatic heterocycles. The molecule has 5 nitrogen and oxygen atoms in total. The molecule has 1 aromatic heterocycles. The summed E-state index contributed by atoms with van der Waals surface area (Å²) in [6, 6.07) is 1.05. The number of hydrogen-bond donors (Lipinski definition) is 1. The van der Waals surface area contributed by atoms with Gasteiger partial charge in [0.25, 0.3) is 0 Å². The van der Waals surface area contributed by atoms with Crippen LogP contribution in [0.1, 0.15) is 11.9 Å². The van der Waals surface area contributed by atoms with Gasteiger partial charge >= 0.3 is 0 Å². The lowest BCUT2D eigenvalue weighted by atomic mass is 10.3. The van der Waals surface area contributed by atoms with Gasteiger partial charge in [-0.05, 0) is 6.04 Å². The molecule has 19 heavy (non-hydrogen) atoms. The summed E-state index contributed by atoms with van der Waals surface area (Å²) in [4.78, 5) is 7.54. The molecule has 0 bridgehead atoms. The maximum atomic E-state index is 12.7. The molecule has 1 heterocycles. The molecule has 108 valence electrons. The van der Waals surface area contributed by atoms with Crippen molar-refractivity contribution in [2.75, 3.05) is 20.0 Å². The predicted octanol–water partition coefficient (Wildman–Crippen LogP) is 1.98. The van der Waals surface area contributed by atoms with Crippen LogP contribution in [0.25, 0.3) is 0 Å². The molecule has 0 saturated heterocycles. The van der Waals surface area contributed by atoms with Crippen molar-refractivity contribution in [3.8, 4) is 0 Å². The first kappa shape index (κ1) is 16.2. The number of aliphatic hydroxyl groups excluding tert-OH is 1. The van der Waals surface area contributed by atoms with E-state index >= 15 is 0 Å². The van der Waals surface area contributed by atoms with Crippen LogP contribution in [0.3, 0.4) is 0 Å². The summed E-state index contributed by atoms with van der Waals surface area (Å²) in [5, 5.41) is 9.19. The maximum absolute atomic E-state index is 12.7. The molecule has 0 spiro atoms. The monoisotopic (exact) mass is 288 g/mol. The highest BCUT2D eigenvalue weighted by Crippen LogP contribution is 2.12. The largest absolute Gasteiger partial charge is 0.393 e. The number of aromatic nitrogens is 2. The second-order valence-corrected chi connectivity index (χ2v) is 11.1. The van der Waals surface area contributed by atoms with E-state index in [0.29, 0.717) is 6.61 Å². The predicted molar refractivity (Wildman–Crippen MR) is 71.9 cm³/mol. The fraction of sp³-hybridized carbons (Fsp3) is 0.667. The van der Waals surface area contributed by atoms with Crippen molar-refractivity contribution in [2.24, 2.45) is 0 Å².